The Labute approximate surface area is 101 Å². The maximum absolute atomic E-state index is 5.78. The summed E-state index contributed by atoms with van der Waals surface area (Å²) in [7, 11) is 2.01. The Bertz CT molecular complexity index is 479. The number of furan rings is 1. The van der Waals surface area contributed by atoms with Gasteiger partial charge in [-0.3, -0.25) is 0 Å². The number of rotatable bonds is 4. The topological polar surface area (TPSA) is 55.3 Å². The van der Waals surface area contributed by atoms with E-state index in [1.54, 1.807) is 12.5 Å². The van der Waals surface area contributed by atoms with Gasteiger partial charge in [0.25, 0.3) is 0 Å². The molecule has 2 rings (SSSR count). The van der Waals surface area contributed by atoms with E-state index in [1.165, 1.54) is 5.56 Å². The molecule has 0 amide bonds. The first-order chi connectivity index (χ1) is 8.22. The monoisotopic (exact) mass is 231 g/mol. The molecule has 0 aliphatic rings. The van der Waals surface area contributed by atoms with Crippen molar-refractivity contribution in [2.75, 3.05) is 11.9 Å². The Hall–Kier alpha value is -1.81. The van der Waals surface area contributed by atoms with Gasteiger partial charge in [-0.05, 0) is 24.6 Å². The molecule has 2 aromatic rings. The van der Waals surface area contributed by atoms with Crippen LogP contribution in [0.4, 0.5) is 5.82 Å². The average molecular weight is 231 g/mol. The summed E-state index contributed by atoms with van der Waals surface area (Å²) in [5.41, 5.74) is 9.17. The second kappa shape index (κ2) is 5.01. The van der Waals surface area contributed by atoms with Gasteiger partial charge in [0.1, 0.15) is 5.82 Å². The molecule has 0 unspecified atom stereocenters. The minimum Gasteiger partial charge on any atom is -0.472 e. The van der Waals surface area contributed by atoms with Crippen LogP contribution in [0.2, 0.25) is 0 Å². The second-order valence-electron chi connectivity index (χ2n) is 4.12. The third-order valence-corrected chi connectivity index (χ3v) is 2.83. The van der Waals surface area contributed by atoms with Gasteiger partial charge in [0.2, 0.25) is 0 Å². The van der Waals surface area contributed by atoms with Gasteiger partial charge in [-0.1, -0.05) is 0 Å². The summed E-state index contributed by atoms with van der Waals surface area (Å²) in [4.78, 5) is 6.49. The number of nitrogens with zero attached hydrogens (tertiary/aromatic N) is 2. The van der Waals surface area contributed by atoms with E-state index in [-0.39, 0.29) is 0 Å². The van der Waals surface area contributed by atoms with Gasteiger partial charge in [0.05, 0.1) is 12.5 Å². The van der Waals surface area contributed by atoms with Crippen molar-refractivity contribution >= 4 is 5.82 Å². The molecule has 0 spiro atoms. The highest BCUT2D eigenvalue weighted by molar-refractivity contribution is 5.50. The summed E-state index contributed by atoms with van der Waals surface area (Å²) in [6.07, 6.45) is 5.24. The lowest BCUT2D eigenvalue weighted by Gasteiger charge is -2.21. The third-order valence-electron chi connectivity index (χ3n) is 2.83. The first-order valence-electron chi connectivity index (χ1n) is 5.59. The molecule has 0 bridgehead atoms. The van der Waals surface area contributed by atoms with Gasteiger partial charge in [0.15, 0.2) is 0 Å². The molecule has 17 heavy (non-hydrogen) atoms. The lowest BCUT2D eigenvalue weighted by atomic mass is 10.1. The van der Waals surface area contributed by atoms with E-state index in [4.69, 9.17) is 10.2 Å². The summed E-state index contributed by atoms with van der Waals surface area (Å²) in [5.74, 6) is 0.939. The van der Waals surface area contributed by atoms with Crippen LogP contribution in [0, 0.1) is 6.92 Å². The summed E-state index contributed by atoms with van der Waals surface area (Å²) in [6.45, 7) is 3.32. The summed E-state index contributed by atoms with van der Waals surface area (Å²) in [5, 5.41) is 0. The van der Waals surface area contributed by atoms with E-state index in [9.17, 15) is 0 Å². The van der Waals surface area contributed by atoms with Gasteiger partial charge < -0.3 is 15.1 Å². The number of aromatic nitrogens is 1. The van der Waals surface area contributed by atoms with Crippen molar-refractivity contribution in [2.45, 2.75) is 20.0 Å². The molecule has 4 heteroatoms. The zero-order valence-corrected chi connectivity index (χ0v) is 10.2. The molecule has 0 aliphatic carbocycles. The maximum Gasteiger partial charge on any atom is 0.133 e. The van der Waals surface area contributed by atoms with E-state index >= 15 is 0 Å². The molecule has 0 atom stereocenters. The number of pyridine rings is 1. The van der Waals surface area contributed by atoms with Crippen LogP contribution < -0.4 is 10.6 Å². The van der Waals surface area contributed by atoms with Gasteiger partial charge in [-0.2, -0.15) is 0 Å². The number of hydrogen-bond acceptors (Lipinski definition) is 4. The van der Waals surface area contributed by atoms with E-state index in [1.807, 2.05) is 25.4 Å². The van der Waals surface area contributed by atoms with E-state index in [2.05, 4.69) is 16.8 Å². The fourth-order valence-corrected chi connectivity index (χ4v) is 1.89. The predicted octanol–water partition coefficient (Wildman–Crippen LogP) is 2.08. The van der Waals surface area contributed by atoms with Crippen LogP contribution in [-0.4, -0.2) is 12.0 Å². The number of anilines is 1. The van der Waals surface area contributed by atoms with Crippen LogP contribution in [-0.2, 0) is 13.1 Å². The molecule has 0 saturated carbocycles. The standard InChI is InChI=1S/C13H17N3O/c1-10-3-5-15-13(12(10)7-14)16(2)8-11-4-6-17-9-11/h3-6,9H,7-8,14H2,1-2H3. The molecule has 0 fully saturated rings. The van der Waals surface area contributed by atoms with Gasteiger partial charge in [0, 0.05) is 37.5 Å². The number of aryl methyl sites for hydroxylation is 1. The van der Waals surface area contributed by atoms with Crippen molar-refractivity contribution in [3.05, 3.63) is 47.5 Å². The Morgan fingerprint density at radius 2 is 2.24 bits per heavy atom. The van der Waals surface area contributed by atoms with Crippen molar-refractivity contribution in [2.24, 2.45) is 5.73 Å². The van der Waals surface area contributed by atoms with Crippen molar-refractivity contribution in [1.82, 2.24) is 4.98 Å². The molecule has 0 aromatic carbocycles. The number of hydrogen-bond donors (Lipinski definition) is 1. The highest BCUT2D eigenvalue weighted by Crippen LogP contribution is 2.20. The molecule has 2 heterocycles. The van der Waals surface area contributed by atoms with Crippen molar-refractivity contribution < 1.29 is 4.42 Å². The van der Waals surface area contributed by atoms with Crippen LogP contribution in [0.5, 0.6) is 0 Å². The van der Waals surface area contributed by atoms with Crippen LogP contribution in [0.1, 0.15) is 16.7 Å². The molecule has 90 valence electrons. The second-order valence-corrected chi connectivity index (χ2v) is 4.12. The van der Waals surface area contributed by atoms with Crippen LogP contribution in [0.25, 0.3) is 0 Å². The van der Waals surface area contributed by atoms with E-state index in [0.717, 1.165) is 23.5 Å². The summed E-state index contributed by atoms with van der Waals surface area (Å²) in [6, 6.07) is 3.94. The van der Waals surface area contributed by atoms with Crippen LogP contribution in [0.15, 0.2) is 35.3 Å². The first-order valence-corrected chi connectivity index (χ1v) is 5.59. The van der Waals surface area contributed by atoms with Gasteiger partial charge >= 0.3 is 0 Å². The Balaban J connectivity index is 2.24. The average Bonchev–Trinajstić information content (AvgIpc) is 2.81. The molecule has 2 aromatic heterocycles. The van der Waals surface area contributed by atoms with Crippen molar-refractivity contribution in [3.63, 3.8) is 0 Å². The zero-order valence-electron chi connectivity index (χ0n) is 10.2. The fraction of sp³-hybridized carbons (Fsp3) is 0.308. The lowest BCUT2D eigenvalue weighted by molar-refractivity contribution is 0.563. The zero-order chi connectivity index (χ0) is 12.3. The minimum absolute atomic E-state index is 0.505. The largest absolute Gasteiger partial charge is 0.472 e. The number of nitrogens with two attached hydrogens (primary N) is 1. The van der Waals surface area contributed by atoms with E-state index < -0.39 is 0 Å². The van der Waals surface area contributed by atoms with Crippen LogP contribution >= 0.6 is 0 Å². The quantitative estimate of drug-likeness (QED) is 0.875. The van der Waals surface area contributed by atoms with Gasteiger partial charge in [-0.25, -0.2) is 4.98 Å². The Morgan fingerprint density at radius 3 is 2.88 bits per heavy atom. The predicted molar refractivity (Wildman–Crippen MR) is 67.7 cm³/mol. The first kappa shape index (κ1) is 11.7. The van der Waals surface area contributed by atoms with Gasteiger partial charge in [-0.15, -0.1) is 0 Å². The Morgan fingerprint density at radius 1 is 1.41 bits per heavy atom. The molecule has 0 aliphatic heterocycles. The molecule has 2 N–H and O–H groups in total. The molecule has 0 radical (unpaired) electrons. The fourth-order valence-electron chi connectivity index (χ4n) is 1.89. The third kappa shape index (κ3) is 2.47. The molecular weight excluding hydrogens is 214 g/mol. The molecular formula is C13H17N3O. The highest BCUT2D eigenvalue weighted by Gasteiger charge is 2.10. The SMILES string of the molecule is Cc1ccnc(N(C)Cc2ccoc2)c1CN. The van der Waals surface area contributed by atoms with Crippen molar-refractivity contribution in [1.29, 1.82) is 0 Å². The highest BCUT2D eigenvalue weighted by atomic mass is 16.3. The normalized spacial score (nSPS) is 10.5. The maximum atomic E-state index is 5.78. The smallest absolute Gasteiger partial charge is 0.133 e. The summed E-state index contributed by atoms with van der Waals surface area (Å²) >= 11 is 0. The minimum atomic E-state index is 0.505. The summed E-state index contributed by atoms with van der Waals surface area (Å²) < 4.78 is 5.06. The molecule has 4 nitrogen and oxygen atoms in total. The Kier molecular flexibility index (Phi) is 3.44. The van der Waals surface area contributed by atoms with Crippen LogP contribution in [0.3, 0.4) is 0 Å². The van der Waals surface area contributed by atoms with Crippen molar-refractivity contribution in [3.8, 4) is 0 Å². The lowest BCUT2D eigenvalue weighted by Crippen LogP contribution is -2.20. The molecule has 0 saturated heterocycles. The van der Waals surface area contributed by atoms with E-state index in [0.29, 0.717) is 6.54 Å².